The monoisotopic (exact) mass is 308 g/mol. The molecule has 1 amide bonds. The summed E-state index contributed by atoms with van der Waals surface area (Å²) >= 11 is 3.09. The number of ether oxygens (including phenoxy) is 1. The van der Waals surface area contributed by atoms with Crippen molar-refractivity contribution in [3.8, 4) is 0 Å². The van der Waals surface area contributed by atoms with Gasteiger partial charge in [0.2, 0.25) is 0 Å². The molecular formula is C14H16N2O2S2. The highest BCUT2D eigenvalue weighted by Crippen LogP contribution is 2.32. The molecule has 2 aliphatic rings. The van der Waals surface area contributed by atoms with Crippen LogP contribution in [0.1, 0.15) is 18.7 Å². The number of carbonyl (C=O) groups excluding carboxylic acids is 1. The molecule has 1 saturated heterocycles. The number of carbonyl (C=O) groups is 1. The fourth-order valence-electron chi connectivity index (χ4n) is 2.37. The van der Waals surface area contributed by atoms with Gasteiger partial charge >= 0.3 is 0 Å². The van der Waals surface area contributed by atoms with Crippen molar-refractivity contribution in [3.63, 3.8) is 0 Å². The first-order valence-electron chi connectivity index (χ1n) is 6.58. The number of morpholine rings is 1. The van der Waals surface area contributed by atoms with Gasteiger partial charge in [0.1, 0.15) is 0 Å². The van der Waals surface area contributed by atoms with E-state index in [1.165, 1.54) is 11.8 Å². The van der Waals surface area contributed by atoms with Gasteiger partial charge in [-0.1, -0.05) is 6.07 Å². The number of thioether (sulfide) groups is 1. The molecule has 1 aromatic rings. The van der Waals surface area contributed by atoms with Gasteiger partial charge in [-0.05, 0) is 43.1 Å². The third kappa shape index (κ3) is 2.97. The summed E-state index contributed by atoms with van der Waals surface area (Å²) in [6.45, 7) is 5.67. The lowest BCUT2D eigenvalue weighted by Crippen LogP contribution is -2.47. The molecule has 2 aliphatic heterocycles. The van der Waals surface area contributed by atoms with Gasteiger partial charge in [0.25, 0.3) is 5.91 Å². The second-order valence-electron chi connectivity index (χ2n) is 4.99. The first-order chi connectivity index (χ1) is 9.61. The van der Waals surface area contributed by atoms with Crippen LogP contribution in [-0.2, 0) is 9.53 Å². The average Bonchev–Trinajstić information content (AvgIpc) is 3.00. The maximum atomic E-state index is 12.0. The van der Waals surface area contributed by atoms with E-state index in [-0.39, 0.29) is 18.1 Å². The van der Waals surface area contributed by atoms with Crippen LogP contribution >= 0.6 is 23.1 Å². The molecule has 3 heterocycles. The van der Waals surface area contributed by atoms with Gasteiger partial charge in [0, 0.05) is 18.0 Å². The first kappa shape index (κ1) is 13.9. The minimum absolute atomic E-state index is 0.134. The Morgan fingerprint density at radius 3 is 2.80 bits per heavy atom. The topological polar surface area (TPSA) is 41.9 Å². The Morgan fingerprint density at radius 1 is 1.40 bits per heavy atom. The van der Waals surface area contributed by atoms with E-state index >= 15 is 0 Å². The van der Waals surface area contributed by atoms with Gasteiger partial charge in [-0.3, -0.25) is 4.79 Å². The SMILES string of the molecule is C[C@H]1CN(C2=NC(=O)/C(=C\c3cccs3)S2)C[C@H](C)O1. The van der Waals surface area contributed by atoms with E-state index in [1.54, 1.807) is 11.3 Å². The lowest BCUT2D eigenvalue weighted by atomic mass is 10.2. The number of aliphatic imine (C=N–C) groups is 1. The molecule has 106 valence electrons. The average molecular weight is 308 g/mol. The van der Waals surface area contributed by atoms with Gasteiger partial charge in [0.15, 0.2) is 5.17 Å². The van der Waals surface area contributed by atoms with Crippen molar-refractivity contribution >= 4 is 40.2 Å². The molecule has 0 aliphatic carbocycles. The standard InChI is InChI=1S/C14H16N2O2S2/c1-9-7-16(8-10(2)18-9)14-15-13(17)12(20-14)6-11-4-3-5-19-11/h3-6,9-10H,7-8H2,1-2H3/b12-6+/t9-,10-/m0/s1. The van der Waals surface area contributed by atoms with Gasteiger partial charge < -0.3 is 9.64 Å². The van der Waals surface area contributed by atoms with Crippen LogP contribution in [0.2, 0.25) is 0 Å². The molecule has 6 heteroatoms. The van der Waals surface area contributed by atoms with Crippen molar-refractivity contribution in [1.82, 2.24) is 4.90 Å². The molecule has 20 heavy (non-hydrogen) atoms. The second kappa shape index (κ2) is 5.71. The van der Waals surface area contributed by atoms with Crippen LogP contribution in [0.25, 0.3) is 6.08 Å². The van der Waals surface area contributed by atoms with Crippen molar-refractivity contribution in [2.24, 2.45) is 4.99 Å². The van der Waals surface area contributed by atoms with Crippen LogP contribution in [0.3, 0.4) is 0 Å². The molecule has 0 unspecified atom stereocenters. The predicted molar refractivity (Wildman–Crippen MR) is 83.9 cm³/mol. The van der Waals surface area contributed by atoms with Crippen LogP contribution in [0.15, 0.2) is 27.4 Å². The molecule has 2 atom stereocenters. The third-order valence-corrected chi connectivity index (χ3v) is 4.98. The van der Waals surface area contributed by atoms with Crippen LogP contribution < -0.4 is 0 Å². The molecule has 0 bridgehead atoms. The van der Waals surface area contributed by atoms with E-state index in [9.17, 15) is 4.79 Å². The fraction of sp³-hybridized carbons (Fsp3) is 0.429. The van der Waals surface area contributed by atoms with Gasteiger partial charge in [-0.25, -0.2) is 0 Å². The summed E-state index contributed by atoms with van der Waals surface area (Å²) < 4.78 is 5.71. The van der Waals surface area contributed by atoms with E-state index in [0.29, 0.717) is 4.91 Å². The zero-order valence-corrected chi connectivity index (χ0v) is 13.0. The third-order valence-electron chi connectivity index (χ3n) is 3.12. The van der Waals surface area contributed by atoms with E-state index in [1.807, 2.05) is 37.4 Å². The fourth-order valence-corrected chi connectivity index (χ4v) is 4.02. The number of amidine groups is 1. The van der Waals surface area contributed by atoms with E-state index in [0.717, 1.165) is 23.1 Å². The Bertz CT molecular complexity index is 556. The molecule has 0 aromatic carbocycles. The van der Waals surface area contributed by atoms with Gasteiger partial charge in [-0.15, -0.1) is 11.3 Å². The summed E-state index contributed by atoms with van der Waals surface area (Å²) in [6.07, 6.45) is 2.26. The Kier molecular flexibility index (Phi) is 3.96. The highest BCUT2D eigenvalue weighted by Gasteiger charge is 2.30. The maximum Gasteiger partial charge on any atom is 0.286 e. The van der Waals surface area contributed by atoms with Crippen molar-refractivity contribution < 1.29 is 9.53 Å². The molecule has 1 fully saturated rings. The van der Waals surface area contributed by atoms with E-state index in [4.69, 9.17) is 4.74 Å². The quantitative estimate of drug-likeness (QED) is 0.748. The molecule has 0 saturated carbocycles. The summed E-state index contributed by atoms with van der Waals surface area (Å²) in [5.74, 6) is -0.134. The van der Waals surface area contributed by atoms with Crippen LogP contribution in [0.5, 0.6) is 0 Å². The zero-order chi connectivity index (χ0) is 14.1. The molecular weight excluding hydrogens is 292 g/mol. The molecule has 0 radical (unpaired) electrons. The Labute approximate surface area is 126 Å². The highest BCUT2D eigenvalue weighted by atomic mass is 32.2. The number of amides is 1. The smallest absolute Gasteiger partial charge is 0.286 e. The number of hydrogen-bond donors (Lipinski definition) is 0. The minimum atomic E-state index is -0.134. The molecule has 1 aromatic heterocycles. The number of hydrogen-bond acceptors (Lipinski definition) is 5. The minimum Gasteiger partial charge on any atom is -0.372 e. The molecule has 0 N–H and O–H groups in total. The van der Waals surface area contributed by atoms with Crippen molar-refractivity contribution in [2.75, 3.05) is 13.1 Å². The summed E-state index contributed by atoms with van der Waals surface area (Å²) in [5.41, 5.74) is 0. The Balaban J connectivity index is 1.74. The van der Waals surface area contributed by atoms with Crippen molar-refractivity contribution in [1.29, 1.82) is 0 Å². The summed E-state index contributed by atoms with van der Waals surface area (Å²) in [4.78, 5) is 20.1. The second-order valence-corrected chi connectivity index (χ2v) is 6.98. The largest absolute Gasteiger partial charge is 0.372 e. The Morgan fingerprint density at radius 2 is 2.15 bits per heavy atom. The lowest BCUT2D eigenvalue weighted by Gasteiger charge is -2.35. The van der Waals surface area contributed by atoms with Crippen molar-refractivity contribution in [3.05, 3.63) is 27.3 Å². The molecule has 0 spiro atoms. The van der Waals surface area contributed by atoms with Crippen molar-refractivity contribution in [2.45, 2.75) is 26.1 Å². The van der Waals surface area contributed by atoms with E-state index in [2.05, 4.69) is 9.89 Å². The number of rotatable bonds is 1. The van der Waals surface area contributed by atoms with Crippen LogP contribution in [-0.4, -0.2) is 41.3 Å². The number of nitrogens with zero attached hydrogens (tertiary/aromatic N) is 2. The maximum absolute atomic E-state index is 12.0. The van der Waals surface area contributed by atoms with Crippen LogP contribution in [0.4, 0.5) is 0 Å². The lowest BCUT2D eigenvalue weighted by molar-refractivity contribution is -0.113. The van der Waals surface area contributed by atoms with Gasteiger partial charge in [-0.2, -0.15) is 4.99 Å². The summed E-state index contributed by atoms with van der Waals surface area (Å²) in [6, 6.07) is 3.98. The van der Waals surface area contributed by atoms with E-state index < -0.39 is 0 Å². The highest BCUT2D eigenvalue weighted by molar-refractivity contribution is 8.18. The molecule has 4 nitrogen and oxygen atoms in total. The van der Waals surface area contributed by atoms with Gasteiger partial charge in [0.05, 0.1) is 17.1 Å². The summed E-state index contributed by atoms with van der Waals surface area (Å²) in [5, 5.41) is 2.81. The first-order valence-corrected chi connectivity index (χ1v) is 8.28. The zero-order valence-electron chi connectivity index (χ0n) is 11.4. The summed E-state index contributed by atoms with van der Waals surface area (Å²) in [7, 11) is 0. The molecule has 3 rings (SSSR count). The normalized spacial score (nSPS) is 29.1. The number of thiophene rings is 1. The Hall–Kier alpha value is -1.11. The predicted octanol–water partition coefficient (Wildman–Crippen LogP) is 2.83. The van der Waals surface area contributed by atoms with Crippen LogP contribution in [0, 0.1) is 0 Å².